The summed E-state index contributed by atoms with van der Waals surface area (Å²) in [6, 6.07) is 11.3. The van der Waals surface area contributed by atoms with Gasteiger partial charge in [0.05, 0.1) is 23.8 Å². The molecule has 2 heterocycles. The molecule has 130 valence electrons. The first-order chi connectivity index (χ1) is 12.4. The molecule has 0 spiro atoms. The molecule has 0 fully saturated rings. The van der Waals surface area contributed by atoms with Crippen LogP contribution in [0.15, 0.2) is 67.3 Å². The zero-order chi connectivity index (χ0) is 18.3. The largest absolute Gasteiger partial charge is 0.416 e. The Kier molecular flexibility index (Phi) is 3.72. The first-order valence-corrected chi connectivity index (χ1v) is 7.68. The number of fused-ring (bicyclic) bond motifs is 1. The molecule has 0 N–H and O–H groups in total. The Hall–Kier alpha value is -3.22. The van der Waals surface area contributed by atoms with Crippen LogP contribution >= 0.6 is 0 Å². The van der Waals surface area contributed by atoms with Crippen LogP contribution in [-0.4, -0.2) is 14.5 Å². The van der Waals surface area contributed by atoms with Crippen molar-refractivity contribution < 1.29 is 17.6 Å². The maximum absolute atomic E-state index is 14.3. The fourth-order valence-corrected chi connectivity index (χ4v) is 2.82. The molecule has 4 aromatic rings. The van der Waals surface area contributed by atoms with Crippen molar-refractivity contribution in [3.63, 3.8) is 0 Å². The highest BCUT2D eigenvalue weighted by molar-refractivity contribution is 5.84. The Morgan fingerprint density at radius 3 is 2.46 bits per heavy atom. The summed E-state index contributed by atoms with van der Waals surface area (Å²) in [5.41, 5.74) is 1.15. The maximum Gasteiger partial charge on any atom is 0.416 e. The van der Waals surface area contributed by atoms with E-state index in [1.165, 1.54) is 36.9 Å². The Morgan fingerprint density at radius 1 is 0.962 bits per heavy atom. The van der Waals surface area contributed by atoms with Crippen molar-refractivity contribution in [3.05, 3.63) is 78.6 Å². The molecule has 0 saturated carbocycles. The molecule has 26 heavy (non-hydrogen) atoms. The molecule has 7 heteroatoms. The molecule has 0 bridgehead atoms. The summed E-state index contributed by atoms with van der Waals surface area (Å²) >= 11 is 0. The van der Waals surface area contributed by atoms with Gasteiger partial charge in [-0.2, -0.15) is 13.2 Å². The van der Waals surface area contributed by atoms with Crippen LogP contribution in [0.5, 0.6) is 0 Å². The van der Waals surface area contributed by atoms with E-state index in [0.717, 1.165) is 12.1 Å². The van der Waals surface area contributed by atoms with Crippen molar-refractivity contribution in [2.45, 2.75) is 6.18 Å². The smallest absolute Gasteiger partial charge is 0.299 e. The van der Waals surface area contributed by atoms with E-state index in [-0.39, 0.29) is 5.52 Å². The highest BCUT2D eigenvalue weighted by Gasteiger charge is 2.30. The molecule has 0 atom stereocenters. The number of hydrogen-bond donors (Lipinski definition) is 0. The van der Waals surface area contributed by atoms with Crippen molar-refractivity contribution in [2.75, 3.05) is 0 Å². The highest BCUT2D eigenvalue weighted by atomic mass is 19.4. The van der Waals surface area contributed by atoms with Gasteiger partial charge in [-0.3, -0.25) is 9.55 Å². The SMILES string of the molecule is Fc1cc(-c2cncn2-c2ccc(C(F)(F)F)cc2)cc2cccnc12. The number of pyridine rings is 1. The van der Waals surface area contributed by atoms with Gasteiger partial charge in [-0.1, -0.05) is 6.07 Å². The molecular weight excluding hydrogens is 346 g/mol. The second-order valence-corrected chi connectivity index (χ2v) is 5.73. The van der Waals surface area contributed by atoms with E-state index < -0.39 is 17.6 Å². The zero-order valence-corrected chi connectivity index (χ0v) is 13.2. The van der Waals surface area contributed by atoms with Crippen LogP contribution in [0.1, 0.15) is 5.56 Å². The third-order valence-electron chi connectivity index (χ3n) is 4.07. The molecule has 0 saturated heterocycles. The van der Waals surface area contributed by atoms with Gasteiger partial charge in [-0.15, -0.1) is 0 Å². The highest BCUT2D eigenvalue weighted by Crippen LogP contribution is 2.31. The van der Waals surface area contributed by atoms with Gasteiger partial charge >= 0.3 is 6.18 Å². The van der Waals surface area contributed by atoms with E-state index in [9.17, 15) is 17.6 Å². The van der Waals surface area contributed by atoms with E-state index >= 15 is 0 Å². The lowest BCUT2D eigenvalue weighted by atomic mass is 10.1. The molecule has 2 aromatic carbocycles. The number of alkyl halides is 3. The number of rotatable bonds is 2. The molecule has 4 rings (SSSR count). The fourth-order valence-electron chi connectivity index (χ4n) is 2.82. The van der Waals surface area contributed by atoms with Gasteiger partial charge in [0, 0.05) is 22.8 Å². The van der Waals surface area contributed by atoms with Crippen molar-refractivity contribution >= 4 is 10.9 Å². The van der Waals surface area contributed by atoms with Gasteiger partial charge in [-0.25, -0.2) is 9.37 Å². The van der Waals surface area contributed by atoms with Crippen molar-refractivity contribution in [1.82, 2.24) is 14.5 Å². The van der Waals surface area contributed by atoms with Gasteiger partial charge in [0.1, 0.15) is 11.3 Å². The summed E-state index contributed by atoms with van der Waals surface area (Å²) in [5.74, 6) is -0.474. The predicted octanol–water partition coefficient (Wildman–Crippen LogP) is 5.25. The second kappa shape index (κ2) is 5.94. The molecule has 0 aliphatic heterocycles. The molecule has 0 unspecified atom stereocenters. The Labute approximate surface area is 145 Å². The minimum Gasteiger partial charge on any atom is -0.299 e. The van der Waals surface area contributed by atoms with Gasteiger partial charge in [0.15, 0.2) is 0 Å². The zero-order valence-electron chi connectivity index (χ0n) is 13.2. The third kappa shape index (κ3) is 2.81. The Bertz CT molecular complexity index is 1080. The van der Waals surface area contributed by atoms with Crippen LogP contribution in [0.3, 0.4) is 0 Å². The lowest BCUT2D eigenvalue weighted by Gasteiger charge is -2.11. The van der Waals surface area contributed by atoms with E-state index in [0.29, 0.717) is 22.3 Å². The number of benzene rings is 2. The Balaban J connectivity index is 1.80. The van der Waals surface area contributed by atoms with E-state index in [2.05, 4.69) is 9.97 Å². The standard InChI is InChI=1S/C19H11F4N3/c20-16-9-13(8-12-2-1-7-25-18(12)16)17-10-24-11-26(17)15-5-3-14(4-6-15)19(21,22)23/h1-11H. The van der Waals surface area contributed by atoms with Crippen LogP contribution in [0.2, 0.25) is 0 Å². The quantitative estimate of drug-likeness (QED) is 0.459. The van der Waals surface area contributed by atoms with E-state index in [1.54, 1.807) is 22.8 Å². The average Bonchev–Trinajstić information content (AvgIpc) is 3.11. The monoisotopic (exact) mass is 357 g/mol. The lowest BCUT2D eigenvalue weighted by molar-refractivity contribution is -0.137. The van der Waals surface area contributed by atoms with Crippen LogP contribution in [0.25, 0.3) is 27.8 Å². The van der Waals surface area contributed by atoms with Gasteiger partial charge in [-0.05, 0) is 42.5 Å². The Morgan fingerprint density at radius 2 is 1.73 bits per heavy atom. The average molecular weight is 357 g/mol. The summed E-state index contributed by atoms with van der Waals surface area (Å²) in [7, 11) is 0. The molecule has 0 amide bonds. The summed E-state index contributed by atoms with van der Waals surface area (Å²) in [4.78, 5) is 8.07. The molecule has 0 aliphatic rings. The topological polar surface area (TPSA) is 30.7 Å². The number of nitrogens with zero attached hydrogens (tertiary/aromatic N) is 3. The molecule has 3 nitrogen and oxygen atoms in total. The number of aromatic nitrogens is 3. The third-order valence-corrected chi connectivity index (χ3v) is 4.07. The second-order valence-electron chi connectivity index (χ2n) is 5.73. The minimum absolute atomic E-state index is 0.261. The minimum atomic E-state index is -4.40. The van der Waals surface area contributed by atoms with E-state index in [1.807, 2.05) is 0 Å². The van der Waals surface area contributed by atoms with Gasteiger partial charge in [0.25, 0.3) is 0 Å². The van der Waals surface area contributed by atoms with Crippen molar-refractivity contribution in [2.24, 2.45) is 0 Å². The van der Waals surface area contributed by atoms with Crippen LogP contribution in [0.4, 0.5) is 17.6 Å². The van der Waals surface area contributed by atoms with Crippen LogP contribution in [0, 0.1) is 5.82 Å². The van der Waals surface area contributed by atoms with Crippen LogP contribution in [-0.2, 0) is 6.18 Å². The first kappa shape index (κ1) is 16.3. The normalized spacial score (nSPS) is 11.8. The van der Waals surface area contributed by atoms with Crippen LogP contribution < -0.4 is 0 Å². The maximum atomic E-state index is 14.3. The van der Waals surface area contributed by atoms with Crippen molar-refractivity contribution in [3.8, 4) is 16.9 Å². The summed E-state index contributed by atoms with van der Waals surface area (Å²) in [6.07, 6.45) is 0.125. The van der Waals surface area contributed by atoms with Gasteiger partial charge in [0.2, 0.25) is 0 Å². The summed E-state index contributed by atoms with van der Waals surface area (Å²) < 4.78 is 54.1. The summed E-state index contributed by atoms with van der Waals surface area (Å²) in [6.45, 7) is 0. The number of hydrogen-bond acceptors (Lipinski definition) is 2. The molecule has 2 aromatic heterocycles. The van der Waals surface area contributed by atoms with E-state index in [4.69, 9.17) is 0 Å². The number of imidazole rings is 1. The lowest BCUT2D eigenvalue weighted by Crippen LogP contribution is -2.05. The molecule has 0 aliphatic carbocycles. The summed E-state index contributed by atoms with van der Waals surface area (Å²) in [5, 5.41) is 0.627. The van der Waals surface area contributed by atoms with Crippen molar-refractivity contribution in [1.29, 1.82) is 0 Å². The molecule has 0 radical (unpaired) electrons. The van der Waals surface area contributed by atoms with Gasteiger partial charge < -0.3 is 0 Å². The first-order valence-electron chi connectivity index (χ1n) is 7.68. The predicted molar refractivity (Wildman–Crippen MR) is 89.3 cm³/mol. The molecular formula is C19H11F4N3. The number of halogens is 4. The fraction of sp³-hybridized carbons (Fsp3) is 0.0526.